The number of ether oxygens (including phenoxy) is 2. The van der Waals surface area contributed by atoms with Crippen molar-refractivity contribution in [1.82, 2.24) is 0 Å². The van der Waals surface area contributed by atoms with Gasteiger partial charge in [-0.15, -0.1) is 11.3 Å². The number of benzene rings is 1. The molecular weight excluding hydrogens is 424 g/mol. The molecule has 168 valence electrons. The Labute approximate surface area is 192 Å². The van der Waals surface area contributed by atoms with Crippen molar-refractivity contribution < 1.29 is 19.1 Å². The maximum Gasteiger partial charge on any atom is 0.341 e. The van der Waals surface area contributed by atoms with Crippen LogP contribution in [-0.2, 0) is 16.0 Å². The Morgan fingerprint density at radius 1 is 1.28 bits per heavy atom. The van der Waals surface area contributed by atoms with E-state index in [-0.39, 0.29) is 18.1 Å². The van der Waals surface area contributed by atoms with Gasteiger partial charge in [0.15, 0.2) is 0 Å². The van der Waals surface area contributed by atoms with Gasteiger partial charge in [-0.1, -0.05) is 26.0 Å². The summed E-state index contributed by atoms with van der Waals surface area (Å²) in [5.74, 6) is -0.0152. The van der Waals surface area contributed by atoms with Crippen molar-refractivity contribution in [2.45, 2.75) is 52.4 Å². The number of thiophene rings is 1. The van der Waals surface area contributed by atoms with Crippen LogP contribution in [0.2, 0.25) is 0 Å². The van der Waals surface area contributed by atoms with Gasteiger partial charge < -0.3 is 14.8 Å². The first-order valence-electron chi connectivity index (χ1n) is 11.0. The van der Waals surface area contributed by atoms with Crippen LogP contribution in [-0.4, -0.2) is 25.1 Å². The van der Waals surface area contributed by atoms with Gasteiger partial charge in [0.05, 0.1) is 18.8 Å². The zero-order chi connectivity index (χ0) is 23.1. The van der Waals surface area contributed by atoms with Crippen molar-refractivity contribution in [3.63, 3.8) is 0 Å². The van der Waals surface area contributed by atoms with Crippen LogP contribution in [0.5, 0.6) is 5.75 Å². The molecule has 1 aromatic heterocycles. The minimum atomic E-state index is -0.546. The third kappa shape index (κ3) is 5.38. The monoisotopic (exact) mass is 452 g/mol. The van der Waals surface area contributed by atoms with Gasteiger partial charge in [-0.3, -0.25) is 4.79 Å². The highest BCUT2D eigenvalue weighted by molar-refractivity contribution is 7.17. The number of rotatable bonds is 8. The number of esters is 1. The van der Waals surface area contributed by atoms with E-state index in [0.717, 1.165) is 41.9 Å². The van der Waals surface area contributed by atoms with Crippen molar-refractivity contribution in [3.8, 4) is 11.8 Å². The Bertz CT molecular complexity index is 1050. The van der Waals surface area contributed by atoms with E-state index in [0.29, 0.717) is 22.7 Å². The minimum absolute atomic E-state index is 0.0403. The van der Waals surface area contributed by atoms with E-state index in [1.807, 2.05) is 25.1 Å². The van der Waals surface area contributed by atoms with Gasteiger partial charge in [0.2, 0.25) is 0 Å². The number of hydrogen-bond acceptors (Lipinski definition) is 6. The summed E-state index contributed by atoms with van der Waals surface area (Å²) in [7, 11) is 0. The molecule has 7 heteroatoms. The number of nitrogens with one attached hydrogen (secondary N) is 1. The molecule has 1 heterocycles. The van der Waals surface area contributed by atoms with Gasteiger partial charge in [0.25, 0.3) is 5.91 Å². The molecule has 0 saturated heterocycles. The molecule has 0 fully saturated rings. The lowest BCUT2D eigenvalue weighted by Gasteiger charge is -2.19. The Hall–Kier alpha value is -3.11. The van der Waals surface area contributed by atoms with E-state index in [1.165, 1.54) is 17.4 Å². The highest BCUT2D eigenvalue weighted by atomic mass is 32.1. The maximum atomic E-state index is 12.9. The largest absolute Gasteiger partial charge is 0.494 e. The molecular formula is C25H28N2O4S. The average Bonchev–Trinajstić information content (AvgIpc) is 3.16. The van der Waals surface area contributed by atoms with Crippen LogP contribution in [0.3, 0.4) is 0 Å². The first kappa shape index (κ1) is 23.6. The molecule has 0 spiro atoms. The molecule has 32 heavy (non-hydrogen) atoms. The molecule has 6 nitrogen and oxygen atoms in total. The number of carbonyl (C=O) groups excluding carboxylic acids is 2. The molecule has 3 rings (SSSR count). The van der Waals surface area contributed by atoms with Crippen molar-refractivity contribution in [1.29, 1.82) is 5.26 Å². The molecule has 1 aliphatic rings. The van der Waals surface area contributed by atoms with Crippen molar-refractivity contribution in [3.05, 3.63) is 51.4 Å². The van der Waals surface area contributed by atoms with Crippen LogP contribution in [0.4, 0.5) is 5.00 Å². The van der Waals surface area contributed by atoms with Crippen LogP contribution < -0.4 is 10.1 Å². The third-order valence-corrected chi connectivity index (χ3v) is 6.47. The van der Waals surface area contributed by atoms with Crippen molar-refractivity contribution in [2.24, 2.45) is 0 Å². The Morgan fingerprint density at radius 3 is 2.69 bits per heavy atom. The summed E-state index contributed by atoms with van der Waals surface area (Å²) < 4.78 is 10.8. The fraction of sp³-hybridized carbons (Fsp3) is 0.400. The molecule has 0 radical (unpaired) electrons. The number of anilines is 1. The SMILES string of the molecule is CCCOc1ccc(C=C(C#N)C(=O)Nc2sc3c(c2C(=O)OCC)C(C)CCC3)cc1. The van der Waals surface area contributed by atoms with Crippen LogP contribution in [0, 0.1) is 11.3 Å². The number of aryl methyl sites for hydroxylation is 1. The summed E-state index contributed by atoms with van der Waals surface area (Å²) in [5, 5.41) is 12.8. The van der Waals surface area contributed by atoms with E-state index in [9.17, 15) is 14.9 Å². The minimum Gasteiger partial charge on any atom is -0.494 e. The standard InChI is InChI=1S/C25H28N2O4S/c1-4-13-31-19-11-9-17(10-12-19)14-18(15-26)23(28)27-24-22(25(29)30-5-2)21-16(3)7-6-8-20(21)32-24/h9-12,14,16H,4-8,13H2,1-3H3,(H,27,28). The third-order valence-electron chi connectivity index (χ3n) is 5.29. The normalized spacial score (nSPS) is 15.4. The van der Waals surface area contributed by atoms with E-state index < -0.39 is 11.9 Å². The molecule has 1 atom stereocenters. The number of fused-ring (bicyclic) bond motifs is 1. The summed E-state index contributed by atoms with van der Waals surface area (Å²) in [5.41, 5.74) is 2.08. The highest BCUT2D eigenvalue weighted by Gasteiger charge is 2.31. The molecule has 1 N–H and O–H groups in total. The molecule has 2 aromatic rings. The predicted molar refractivity (Wildman–Crippen MR) is 126 cm³/mol. The topological polar surface area (TPSA) is 88.4 Å². The quantitative estimate of drug-likeness (QED) is 0.315. The zero-order valence-corrected chi connectivity index (χ0v) is 19.5. The van der Waals surface area contributed by atoms with Gasteiger partial charge >= 0.3 is 5.97 Å². The van der Waals surface area contributed by atoms with Crippen LogP contribution in [0.15, 0.2) is 29.8 Å². The lowest BCUT2D eigenvalue weighted by molar-refractivity contribution is -0.112. The molecule has 1 amide bonds. The smallest absolute Gasteiger partial charge is 0.341 e. The van der Waals surface area contributed by atoms with Crippen LogP contribution in [0.1, 0.15) is 72.3 Å². The van der Waals surface area contributed by atoms with E-state index in [1.54, 1.807) is 19.1 Å². The first-order chi connectivity index (χ1) is 15.5. The summed E-state index contributed by atoms with van der Waals surface area (Å²) in [6, 6.07) is 9.18. The van der Waals surface area contributed by atoms with Gasteiger partial charge in [0.1, 0.15) is 22.4 Å². The molecule has 1 aromatic carbocycles. The van der Waals surface area contributed by atoms with Crippen molar-refractivity contribution in [2.75, 3.05) is 18.5 Å². The molecule has 1 aliphatic carbocycles. The molecule has 0 aliphatic heterocycles. The van der Waals surface area contributed by atoms with E-state index >= 15 is 0 Å². The van der Waals surface area contributed by atoms with Gasteiger partial charge in [-0.25, -0.2) is 4.79 Å². The Balaban J connectivity index is 1.86. The number of nitrogens with zero attached hydrogens (tertiary/aromatic N) is 1. The molecule has 1 unspecified atom stereocenters. The van der Waals surface area contributed by atoms with Crippen LogP contribution in [0.25, 0.3) is 6.08 Å². The summed E-state index contributed by atoms with van der Waals surface area (Å²) >= 11 is 1.41. The Morgan fingerprint density at radius 2 is 2.03 bits per heavy atom. The van der Waals surface area contributed by atoms with E-state index in [4.69, 9.17) is 9.47 Å². The number of hydrogen-bond donors (Lipinski definition) is 1. The van der Waals surface area contributed by atoms with Crippen LogP contribution >= 0.6 is 11.3 Å². The molecule has 0 saturated carbocycles. The molecule has 0 bridgehead atoms. The lowest BCUT2D eigenvalue weighted by Crippen LogP contribution is -2.17. The zero-order valence-electron chi connectivity index (χ0n) is 18.7. The van der Waals surface area contributed by atoms with Gasteiger partial charge in [0, 0.05) is 4.88 Å². The summed E-state index contributed by atoms with van der Waals surface area (Å²) in [4.78, 5) is 26.7. The fourth-order valence-electron chi connectivity index (χ4n) is 3.77. The first-order valence-corrected chi connectivity index (χ1v) is 11.8. The fourth-order valence-corrected chi connectivity index (χ4v) is 5.12. The van der Waals surface area contributed by atoms with E-state index in [2.05, 4.69) is 12.2 Å². The second-order valence-electron chi connectivity index (χ2n) is 7.70. The average molecular weight is 453 g/mol. The van der Waals surface area contributed by atoms with Crippen molar-refractivity contribution >= 4 is 34.3 Å². The summed E-state index contributed by atoms with van der Waals surface area (Å²) in [6.07, 6.45) is 5.36. The second kappa shape index (κ2) is 11.0. The lowest BCUT2D eigenvalue weighted by atomic mass is 9.86. The Kier molecular flexibility index (Phi) is 8.07. The predicted octanol–water partition coefficient (Wildman–Crippen LogP) is 5.70. The second-order valence-corrected chi connectivity index (χ2v) is 8.80. The number of carbonyl (C=O) groups is 2. The number of amides is 1. The number of nitriles is 1. The highest BCUT2D eigenvalue weighted by Crippen LogP contribution is 2.43. The van der Waals surface area contributed by atoms with Gasteiger partial charge in [-0.05, 0) is 67.9 Å². The maximum absolute atomic E-state index is 12.9. The summed E-state index contributed by atoms with van der Waals surface area (Å²) in [6.45, 7) is 6.77. The van der Waals surface area contributed by atoms with Gasteiger partial charge in [-0.2, -0.15) is 5.26 Å².